The molecule has 4 heteroatoms. The molecule has 1 atom stereocenters. The molecule has 1 unspecified atom stereocenters. The largest absolute Gasteiger partial charge is 0.481 e. The molecule has 0 radical (unpaired) electrons. The van der Waals surface area contributed by atoms with Gasteiger partial charge in [-0.25, -0.2) is 4.98 Å². The highest BCUT2D eigenvalue weighted by molar-refractivity contribution is 5.81. The van der Waals surface area contributed by atoms with Crippen LogP contribution < -0.4 is 10.1 Å². The fourth-order valence-electron chi connectivity index (χ4n) is 3.23. The fourth-order valence-corrected chi connectivity index (χ4v) is 3.23. The van der Waals surface area contributed by atoms with E-state index in [0.717, 1.165) is 35.0 Å². The van der Waals surface area contributed by atoms with Crippen LogP contribution in [0, 0.1) is 11.3 Å². The summed E-state index contributed by atoms with van der Waals surface area (Å²) in [5.41, 5.74) is 3.46. The summed E-state index contributed by atoms with van der Waals surface area (Å²) in [7, 11) is 1.64. The van der Waals surface area contributed by atoms with Crippen LogP contribution in [-0.2, 0) is 18.4 Å². The number of nitriles is 1. The third-order valence-corrected chi connectivity index (χ3v) is 4.97. The summed E-state index contributed by atoms with van der Waals surface area (Å²) >= 11 is 0. The van der Waals surface area contributed by atoms with Crippen molar-refractivity contribution in [3.63, 3.8) is 0 Å². The molecule has 0 spiro atoms. The molecule has 27 heavy (non-hydrogen) atoms. The SMILES string of the molecule is CCc1cc2ccc(C(C)(C#N)CNCc3ccccc3)cc2nc1OC. The Morgan fingerprint density at radius 3 is 2.59 bits per heavy atom. The second-order valence-electron chi connectivity index (χ2n) is 6.95. The normalized spacial score (nSPS) is 13.1. The van der Waals surface area contributed by atoms with Gasteiger partial charge in [-0.15, -0.1) is 0 Å². The van der Waals surface area contributed by atoms with E-state index in [1.807, 2.05) is 43.3 Å². The van der Waals surface area contributed by atoms with Crippen LogP contribution in [0.25, 0.3) is 10.9 Å². The summed E-state index contributed by atoms with van der Waals surface area (Å²) in [5, 5.41) is 14.3. The number of hydrogen-bond donors (Lipinski definition) is 1. The van der Waals surface area contributed by atoms with Crippen molar-refractivity contribution in [3.05, 3.63) is 71.3 Å². The number of aryl methyl sites for hydroxylation is 1. The lowest BCUT2D eigenvalue weighted by molar-refractivity contribution is 0.394. The first-order chi connectivity index (χ1) is 13.1. The Kier molecular flexibility index (Phi) is 5.73. The Bertz CT molecular complexity index is 963. The Morgan fingerprint density at radius 2 is 1.93 bits per heavy atom. The number of pyridine rings is 1. The molecule has 2 aromatic carbocycles. The molecule has 0 saturated heterocycles. The maximum atomic E-state index is 9.86. The van der Waals surface area contributed by atoms with Crippen LogP contribution in [0.15, 0.2) is 54.6 Å². The predicted octanol–water partition coefficient (Wildman–Crippen LogP) is 4.38. The van der Waals surface area contributed by atoms with Gasteiger partial charge in [0.05, 0.1) is 24.1 Å². The summed E-state index contributed by atoms with van der Waals surface area (Å²) in [6.07, 6.45) is 0.868. The van der Waals surface area contributed by atoms with Crippen molar-refractivity contribution in [1.82, 2.24) is 10.3 Å². The smallest absolute Gasteiger partial charge is 0.216 e. The van der Waals surface area contributed by atoms with Crippen LogP contribution in [0.1, 0.15) is 30.5 Å². The lowest BCUT2D eigenvalue weighted by atomic mass is 9.83. The van der Waals surface area contributed by atoms with E-state index in [-0.39, 0.29) is 0 Å². The second-order valence-corrected chi connectivity index (χ2v) is 6.95. The van der Waals surface area contributed by atoms with Gasteiger partial charge < -0.3 is 10.1 Å². The number of ether oxygens (including phenoxy) is 1. The van der Waals surface area contributed by atoms with E-state index >= 15 is 0 Å². The molecule has 1 aromatic heterocycles. The number of fused-ring (bicyclic) bond motifs is 1. The number of hydrogen-bond acceptors (Lipinski definition) is 4. The van der Waals surface area contributed by atoms with E-state index in [2.05, 4.69) is 41.5 Å². The van der Waals surface area contributed by atoms with Crippen molar-refractivity contribution in [1.29, 1.82) is 5.26 Å². The Labute approximate surface area is 160 Å². The monoisotopic (exact) mass is 359 g/mol. The first-order valence-electron chi connectivity index (χ1n) is 9.23. The molecule has 0 aliphatic heterocycles. The third kappa shape index (κ3) is 4.10. The molecular formula is C23H25N3O. The number of methoxy groups -OCH3 is 1. The van der Waals surface area contributed by atoms with Crippen molar-refractivity contribution in [2.24, 2.45) is 0 Å². The maximum absolute atomic E-state index is 9.86. The third-order valence-electron chi connectivity index (χ3n) is 4.97. The highest BCUT2D eigenvalue weighted by Crippen LogP contribution is 2.28. The molecule has 0 amide bonds. The van der Waals surface area contributed by atoms with E-state index < -0.39 is 5.41 Å². The standard InChI is InChI=1S/C23H25N3O/c1-4-18-12-19-10-11-20(13-21(19)26-22(18)27-3)23(2,15-24)16-25-14-17-8-6-5-7-9-17/h5-13,25H,4,14,16H2,1-3H3. The first kappa shape index (κ1) is 18.9. The molecule has 3 rings (SSSR count). The van der Waals surface area contributed by atoms with Gasteiger partial charge in [0.25, 0.3) is 0 Å². The lowest BCUT2D eigenvalue weighted by Gasteiger charge is -2.23. The highest BCUT2D eigenvalue weighted by Gasteiger charge is 2.26. The van der Waals surface area contributed by atoms with E-state index in [9.17, 15) is 5.26 Å². The minimum absolute atomic E-state index is 0.564. The van der Waals surface area contributed by atoms with Crippen LogP contribution in [0.3, 0.4) is 0 Å². The average molecular weight is 359 g/mol. The molecule has 4 nitrogen and oxygen atoms in total. The molecule has 1 N–H and O–H groups in total. The van der Waals surface area contributed by atoms with Crippen molar-refractivity contribution >= 4 is 10.9 Å². The van der Waals surface area contributed by atoms with Gasteiger partial charge >= 0.3 is 0 Å². The number of nitrogens with one attached hydrogen (secondary N) is 1. The lowest BCUT2D eigenvalue weighted by Crippen LogP contribution is -2.34. The van der Waals surface area contributed by atoms with Crippen LogP contribution in [0.2, 0.25) is 0 Å². The van der Waals surface area contributed by atoms with Crippen LogP contribution in [0.4, 0.5) is 0 Å². The van der Waals surface area contributed by atoms with Crippen molar-refractivity contribution < 1.29 is 4.74 Å². The Hall–Kier alpha value is -2.90. The molecule has 0 aliphatic rings. The van der Waals surface area contributed by atoms with Gasteiger partial charge in [0.15, 0.2) is 0 Å². The van der Waals surface area contributed by atoms with Gasteiger partial charge in [0.1, 0.15) is 0 Å². The molecular weight excluding hydrogens is 334 g/mol. The summed E-state index contributed by atoms with van der Waals surface area (Å²) in [4.78, 5) is 4.65. The number of nitrogens with zero attached hydrogens (tertiary/aromatic N) is 2. The minimum Gasteiger partial charge on any atom is -0.481 e. The number of aromatic nitrogens is 1. The van der Waals surface area contributed by atoms with Gasteiger partial charge in [0.2, 0.25) is 5.88 Å². The number of rotatable bonds is 7. The maximum Gasteiger partial charge on any atom is 0.216 e. The van der Waals surface area contributed by atoms with Crippen LogP contribution >= 0.6 is 0 Å². The van der Waals surface area contributed by atoms with E-state index in [1.165, 1.54) is 5.56 Å². The van der Waals surface area contributed by atoms with E-state index in [4.69, 9.17) is 4.74 Å². The molecule has 0 saturated carbocycles. The topological polar surface area (TPSA) is 57.9 Å². The van der Waals surface area contributed by atoms with Gasteiger partial charge in [-0.1, -0.05) is 49.4 Å². The summed E-state index contributed by atoms with van der Waals surface area (Å²) < 4.78 is 5.42. The van der Waals surface area contributed by atoms with Gasteiger partial charge in [-0.2, -0.15) is 5.26 Å². The minimum atomic E-state index is -0.638. The van der Waals surface area contributed by atoms with Gasteiger partial charge in [-0.3, -0.25) is 0 Å². The zero-order valence-electron chi connectivity index (χ0n) is 16.1. The highest BCUT2D eigenvalue weighted by atomic mass is 16.5. The molecule has 138 valence electrons. The van der Waals surface area contributed by atoms with Gasteiger partial charge in [-0.05, 0) is 36.6 Å². The molecule has 1 heterocycles. The van der Waals surface area contributed by atoms with Crippen molar-refractivity contribution in [2.45, 2.75) is 32.2 Å². The zero-order valence-corrected chi connectivity index (χ0v) is 16.1. The average Bonchev–Trinajstić information content (AvgIpc) is 2.72. The second kappa shape index (κ2) is 8.20. The van der Waals surface area contributed by atoms with Crippen LogP contribution in [-0.4, -0.2) is 18.6 Å². The number of benzene rings is 2. The van der Waals surface area contributed by atoms with Gasteiger partial charge in [0, 0.05) is 24.0 Å². The Balaban J connectivity index is 1.85. The van der Waals surface area contributed by atoms with E-state index in [1.54, 1.807) is 7.11 Å². The molecule has 0 aliphatic carbocycles. The quantitative estimate of drug-likeness (QED) is 0.680. The Morgan fingerprint density at radius 1 is 1.15 bits per heavy atom. The first-order valence-corrected chi connectivity index (χ1v) is 9.23. The summed E-state index contributed by atoms with van der Waals surface area (Å²) in [5.74, 6) is 0.656. The molecule has 3 aromatic rings. The van der Waals surface area contributed by atoms with Crippen molar-refractivity contribution in [2.75, 3.05) is 13.7 Å². The van der Waals surface area contributed by atoms with Crippen molar-refractivity contribution in [3.8, 4) is 11.9 Å². The summed E-state index contributed by atoms with van der Waals surface area (Å²) in [6.45, 7) is 5.35. The predicted molar refractivity (Wildman–Crippen MR) is 109 cm³/mol. The molecule has 0 fully saturated rings. The summed E-state index contributed by atoms with van der Waals surface area (Å²) in [6, 6.07) is 20.9. The fraction of sp³-hybridized carbons (Fsp3) is 0.304. The zero-order chi connectivity index (χ0) is 19.3. The van der Waals surface area contributed by atoms with Crippen LogP contribution in [0.5, 0.6) is 5.88 Å². The molecule has 0 bridgehead atoms. The van der Waals surface area contributed by atoms with E-state index in [0.29, 0.717) is 12.4 Å².